The summed E-state index contributed by atoms with van der Waals surface area (Å²) >= 11 is 5.09. The van der Waals surface area contributed by atoms with Crippen molar-refractivity contribution in [1.82, 2.24) is 5.32 Å². The molecule has 4 atom stereocenters. The van der Waals surface area contributed by atoms with E-state index >= 15 is 0 Å². The molecule has 2 saturated carbocycles. The summed E-state index contributed by atoms with van der Waals surface area (Å²) in [6, 6.07) is 4.13. The van der Waals surface area contributed by atoms with Crippen LogP contribution in [0.2, 0.25) is 0 Å². The summed E-state index contributed by atoms with van der Waals surface area (Å²) < 4.78 is 1.10. The second kappa shape index (κ2) is 6.12. The lowest BCUT2D eigenvalue weighted by atomic mass is 9.84. The molecule has 0 saturated heterocycles. The molecule has 3 N–H and O–H groups in total. The maximum absolute atomic E-state index is 12.2. The van der Waals surface area contributed by atoms with Crippen molar-refractivity contribution in [1.29, 1.82) is 0 Å². The molecule has 106 valence electrons. The van der Waals surface area contributed by atoms with Gasteiger partial charge < -0.3 is 11.1 Å². The van der Waals surface area contributed by atoms with Crippen molar-refractivity contribution in [2.24, 2.45) is 23.5 Å². The SMILES string of the molecule is Cl.NC1C2CCC(C2)C1C(=O)NCc1ccc(Br)s1. The van der Waals surface area contributed by atoms with Crippen LogP contribution in [-0.4, -0.2) is 11.9 Å². The molecule has 2 bridgehead atoms. The lowest BCUT2D eigenvalue weighted by Gasteiger charge is -2.26. The van der Waals surface area contributed by atoms with Crippen LogP contribution in [0.1, 0.15) is 24.1 Å². The number of fused-ring (bicyclic) bond motifs is 2. The zero-order valence-corrected chi connectivity index (χ0v) is 13.7. The van der Waals surface area contributed by atoms with Crippen LogP contribution in [0.15, 0.2) is 15.9 Å². The highest BCUT2D eigenvalue weighted by Crippen LogP contribution is 2.47. The summed E-state index contributed by atoms with van der Waals surface area (Å²) in [6.45, 7) is 0.621. The molecule has 0 radical (unpaired) electrons. The van der Waals surface area contributed by atoms with Crippen molar-refractivity contribution in [3.8, 4) is 0 Å². The minimum absolute atomic E-state index is 0. The third-order valence-electron chi connectivity index (χ3n) is 4.35. The highest BCUT2D eigenvalue weighted by Gasteiger charge is 2.48. The number of amides is 1. The largest absolute Gasteiger partial charge is 0.351 e. The first-order valence-electron chi connectivity index (χ1n) is 6.42. The number of hydrogen-bond donors (Lipinski definition) is 2. The molecule has 0 spiro atoms. The summed E-state index contributed by atoms with van der Waals surface area (Å²) in [5, 5.41) is 3.04. The Kier molecular flexibility index (Phi) is 4.93. The summed E-state index contributed by atoms with van der Waals surface area (Å²) in [6.07, 6.45) is 3.55. The van der Waals surface area contributed by atoms with Gasteiger partial charge in [0.25, 0.3) is 0 Å². The molecule has 3 nitrogen and oxygen atoms in total. The second-order valence-electron chi connectivity index (χ2n) is 5.36. The Labute approximate surface area is 131 Å². The normalized spacial score (nSPS) is 32.1. The Morgan fingerprint density at radius 3 is 2.74 bits per heavy atom. The van der Waals surface area contributed by atoms with E-state index in [1.807, 2.05) is 12.1 Å². The van der Waals surface area contributed by atoms with Gasteiger partial charge in [-0.15, -0.1) is 23.7 Å². The molecule has 1 aromatic rings. The van der Waals surface area contributed by atoms with Gasteiger partial charge in [0.2, 0.25) is 5.91 Å². The molecule has 0 aromatic carbocycles. The van der Waals surface area contributed by atoms with E-state index in [4.69, 9.17) is 5.73 Å². The number of carbonyl (C=O) groups excluding carboxylic acids is 1. The zero-order valence-electron chi connectivity index (χ0n) is 10.5. The lowest BCUT2D eigenvalue weighted by Crippen LogP contribution is -2.45. The summed E-state index contributed by atoms with van der Waals surface area (Å²) in [4.78, 5) is 13.4. The van der Waals surface area contributed by atoms with Crippen molar-refractivity contribution in [3.63, 3.8) is 0 Å². The van der Waals surface area contributed by atoms with Crippen LogP contribution in [0.3, 0.4) is 0 Å². The number of nitrogens with one attached hydrogen (secondary N) is 1. The molecule has 2 aliphatic rings. The van der Waals surface area contributed by atoms with E-state index in [-0.39, 0.29) is 30.3 Å². The van der Waals surface area contributed by atoms with Gasteiger partial charge in [0.05, 0.1) is 16.2 Å². The highest BCUT2D eigenvalue weighted by atomic mass is 79.9. The van der Waals surface area contributed by atoms with Gasteiger partial charge in [-0.05, 0) is 59.2 Å². The third kappa shape index (κ3) is 2.99. The van der Waals surface area contributed by atoms with Crippen molar-refractivity contribution in [2.75, 3.05) is 0 Å². The Morgan fingerprint density at radius 1 is 1.42 bits per heavy atom. The first-order valence-corrected chi connectivity index (χ1v) is 8.03. The van der Waals surface area contributed by atoms with Gasteiger partial charge in [0, 0.05) is 10.9 Å². The monoisotopic (exact) mass is 364 g/mol. The topological polar surface area (TPSA) is 55.1 Å². The molecular formula is C13H18BrClN2OS. The smallest absolute Gasteiger partial charge is 0.225 e. The maximum Gasteiger partial charge on any atom is 0.225 e. The van der Waals surface area contributed by atoms with Crippen LogP contribution in [0.4, 0.5) is 0 Å². The standard InChI is InChI=1S/C13H17BrN2OS.ClH/c14-10-4-3-9(18-10)6-16-13(17)11-7-1-2-8(5-7)12(11)15;/h3-4,7-8,11-12H,1-2,5-6,15H2,(H,16,17);1H. The van der Waals surface area contributed by atoms with Crippen molar-refractivity contribution < 1.29 is 4.79 Å². The molecule has 1 amide bonds. The van der Waals surface area contributed by atoms with E-state index in [0.717, 1.165) is 10.2 Å². The molecular weight excluding hydrogens is 348 g/mol. The van der Waals surface area contributed by atoms with Crippen molar-refractivity contribution in [3.05, 3.63) is 20.8 Å². The molecule has 4 unspecified atom stereocenters. The fourth-order valence-corrected chi connectivity index (χ4v) is 4.89. The first kappa shape index (κ1) is 15.3. The quantitative estimate of drug-likeness (QED) is 0.865. The Balaban J connectivity index is 0.00000133. The van der Waals surface area contributed by atoms with Gasteiger partial charge >= 0.3 is 0 Å². The van der Waals surface area contributed by atoms with Gasteiger partial charge in [0.15, 0.2) is 0 Å². The van der Waals surface area contributed by atoms with E-state index < -0.39 is 0 Å². The molecule has 6 heteroatoms. The molecule has 0 aliphatic heterocycles. The fraction of sp³-hybridized carbons (Fsp3) is 0.615. The number of carbonyl (C=O) groups is 1. The van der Waals surface area contributed by atoms with Crippen LogP contribution in [0.25, 0.3) is 0 Å². The van der Waals surface area contributed by atoms with Gasteiger partial charge in [-0.2, -0.15) is 0 Å². The second-order valence-corrected chi connectivity index (χ2v) is 7.91. The van der Waals surface area contributed by atoms with E-state index in [2.05, 4.69) is 21.2 Å². The first-order chi connectivity index (χ1) is 8.65. The molecule has 1 aromatic heterocycles. The fourth-order valence-electron chi connectivity index (χ4n) is 3.46. The number of halogens is 2. The number of hydrogen-bond acceptors (Lipinski definition) is 3. The minimum Gasteiger partial charge on any atom is -0.351 e. The van der Waals surface area contributed by atoms with Crippen molar-refractivity contribution in [2.45, 2.75) is 31.8 Å². The Morgan fingerprint density at radius 2 is 2.16 bits per heavy atom. The molecule has 2 fully saturated rings. The van der Waals surface area contributed by atoms with Gasteiger partial charge in [-0.25, -0.2) is 0 Å². The van der Waals surface area contributed by atoms with Gasteiger partial charge in [0.1, 0.15) is 0 Å². The molecule has 2 aliphatic carbocycles. The highest BCUT2D eigenvalue weighted by molar-refractivity contribution is 9.11. The van der Waals surface area contributed by atoms with Gasteiger partial charge in [-0.1, -0.05) is 0 Å². The summed E-state index contributed by atoms with van der Waals surface area (Å²) in [5.41, 5.74) is 6.17. The average molecular weight is 366 g/mol. The van der Waals surface area contributed by atoms with Crippen LogP contribution in [-0.2, 0) is 11.3 Å². The Hall–Kier alpha value is -0.100. The summed E-state index contributed by atoms with van der Waals surface area (Å²) in [7, 11) is 0. The van der Waals surface area contributed by atoms with Crippen LogP contribution in [0, 0.1) is 17.8 Å². The molecule has 1 heterocycles. The van der Waals surface area contributed by atoms with E-state index in [0.29, 0.717) is 18.4 Å². The van der Waals surface area contributed by atoms with Gasteiger partial charge in [-0.3, -0.25) is 4.79 Å². The van der Waals surface area contributed by atoms with E-state index in [9.17, 15) is 4.79 Å². The predicted octanol–water partition coefficient (Wildman–Crippen LogP) is 2.92. The van der Waals surface area contributed by atoms with Crippen molar-refractivity contribution >= 4 is 45.6 Å². The Bertz CT molecular complexity index is 465. The van der Waals surface area contributed by atoms with E-state index in [1.165, 1.54) is 17.7 Å². The third-order valence-corrected chi connectivity index (χ3v) is 5.97. The number of rotatable bonds is 3. The zero-order chi connectivity index (χ0) is 12.7. The summed E-state index contributed by atoms with van der Waals surface area (Å²) in [5.74, 6) is 1.31. The average Bonchev–Trinajstić information content (AvgIpc) is 3.02. The van der Waals surface area contributed by atoms with Crippen LogP contribution >= 0.6 is 39.7 Å². The number of thiophene rings is 1. The molecule has 3 rings (SSSR count). The van der Waals surface area contributed by atoms with Crippen LogP contribution in [0.5, 0.6) is 0 Å². The molecule has 19 heavy (non-hydrogen) atoms. The maximum atomic E-state index is 12.2. The minimum atomic E-state index is 0. The predicted molar refractivity (Wildman–Crippen MR) is 83.4 cm³/mol. The number of nitrogens with two attached hydrogens (primary N) is 1. The lowest BCUT2D eigenvalue weighted by molar-refractivity contribution is -0.127. The van der Waals surface area contributed by atoms with Crippen LogP contribution < -0.4 is 11.1 Å². The van der Waals surface area contributed by atoms with E-state index in [1.54, 1.807) is 11.3 Å².